The van der Waals surface area contributed by atoms with Crippen molar-refractivity contribution >= 4 is 27.5 Å². The summed E-state index contributed by atoms with van der Waals surface area (Å²) in [6, 6.07) is 2.60. The monoisotopic (exact) mass is 300 g/mol. The normalized spacial score (nSPS) is 12.0. The van der Waals surface area contributed by atoms with Gasteiger partial charge in [0.2, 0.25) is 5.95 Å². The Labute approximate surface area is 114 Å². The summed E-state index contributed by atoms with van der Waals surface area (Å²) < 4.78 is 38.8. The Morgan fingerprint density at radius 1 is 1.25 bits per heavy atom. The molecule has 104 valence electrons. The first-order chi connectivity index (χ1) is 9.49. The minimum Gasteiger partial charge on any atom is -0.292 e. The van der Waals surface area contributed by atoms with Crippen molar-refractivity contribution in [1.29, 1.82) is 0 Å². The van der Waals surface area contributed by atoms with Crippen molar-refractivity contribution in [3.8, 4) is 5.82 Å². The molecule has 3 heterocycles. The Hall–Kier alpha value is -2.20. The van der Waals surface area contributed by atoms with Crippen LogP contribution in [0.4, 0.5) is 19.1 Å². The second-order valence-corrected chi connectivity index (χ2v) is 4.69. The molecule has 0 aromatic carbocycles. The van der Waals surface area contributed by atoms with Gasteiger partial charge in [0.05, 0.1) is 5.39 Å². The van der Waals surface area contributed by atoms with Crippen LogP contribution in [0.25, 0.3) is 16.0 Å². The average molecular weight is 300 g/mol. The van der Waals surface area contributed by atoms with E-state index in [-0.39, 0.29) is 11.8 Å². The fourth-order valence-corrected chi connectivity index (χ4v) is 2.43. The van der Waals surface area contributed by atoms with Gasteiger partial charge in [-0.05, 0) is 17.5 Å². The van der Waals surface area contributed by atoms with E-state index in [1.54, 1.807) is 11.4 Å². The lowest BCUT2D eigenvalue weighted by molar-refractivity contribution is -0.141. The molecular formula is C10H7F3N6S. The van der Waals surface area contributed by atoms with Crippen LogP contribution in [0.5, 0.6) is 0 Å². The van der Waals surface area contributed by atoms with Crippen molar-refractivity contribution in [2.75, 3.05) is 5.43 Å². The fraction of sp³-hybridized carbons (Fsp3) is 0.100. The molecule has 0 aliphatic rings. The second kappa shape index (κ2) is 4.42. The quantitative estimate of drug-likeness (QED) is 0.560. The molecule has 0 saturated heterocycles. The third-order valence-corrected chi connectivity index (χ3v) is 3.34. The smallest absolute Gasteiger partial charge is 0.292 e. The van der Waals surface area contributed by atoms with Crippen molar-refractivity contribution in [3.63, 3.8) is 0 Å². The number of nitrogens with zero attached hydrogens (tertiary/aromatic N) is 4. The van der Waals surface area contributed by atoms with Crippen molar-refractivity contribution in [3.05, 3.63) is 29.4 Å². The summed E-state index contributed by atoms with van der Waals surface area (Å²) in [7, 11) is 0. The average Bonchev–Trinajstić information content (AvgIpc) is 3.05. The summed E-state index contributed by atoms with van der Waals surface area (Å²) in [5.74, 6) is 5.60. The lowest BCUT2D eigenvalue weighted by atomic mass is 10.4. The summed E-state index contributed by atoms with van der Waals surface area (Å²) in [4.78, 5) is 8.76. The van der Waals surface area contributed by atoms with Crippen LogP contribution < -0.4 is 11.3 Å². The number of hydrazine groups is 1. The van der Waals surface area contributed by atoms with E-state index in [4.69, 9.17) is 5.84 Å². The minimum absolute atomic E-state index is 0.110. The van der Waals surface area contributed by atoms with Gasteiger partial charge < -0.3 is 0 Å². The van der Waals surface area contributed by atoms with Gasteiger partial charge in [-0.1, -0.05) is 0 Å². The van der Waals surface area contributed by atoms with E-state index in [9.17, 15) is 13.2 Å². The predicted octanol–water partition coefficient (Wildman–Crippen LogP) is 2.18. The number of halogens is 3. The summed E-state index contributed by atoms with van der Waals surface area (Å²) in [6.07, 6.45) is -3.30. The van der Waals surface area contributed by atoms with Gasteiger partial charge in [0.1, 0.15) is 4.83 Å². The van der Waals surface area contributed by atoms with Gasteiger partial charge in [-0.15, -0.1) is 11.3 Å². The Morgan fingerprint density at radius 2 is 2.05 bits per heavy atom. The number of anilines is 1. The molecule has 10 heteroatoms. The van der Waals surface area contributed by atoms with Crippen molar-refractivity contribution < 1.29 is 13.2 Å². The predicted molar refractivity (Wildman–Crippen MR) is 67.3 cm³/mol. The Bertz CT molecular complexity index is 762. The van der Waals surface area contributed by atoms with E-state index in [0.717, 1.165) is 10.7 Å². The molecule has 3 rings (SSSR count). The molecule has 3 aromatic rings. The molecule has 0 bridgehead atoms. The molecule has 0 amide bonds. The van der Waals surface area contributed by atoms with Gasteiger partial charge in [0.15, 0.2) is 11.5 Å². The Balaban J connectivity index is 2.18. The molecule has 6 nitrogen and oxygen atoms in total. The molecule has 0 atom stereocenters. The number of thiophene rings is 1. The molecule has 20 heavy (non-hydrogen) atoms. The number of alkyl halides is 3. The van der Waals surface area contributed by atoms with Gasteiger partial charge in [-0.3, -0.25) is 5.43 Å². The molecule has 3 aromatic heterocycles. The van der Waals surface area contributed by atoms with Gasteiger partial charge in [-0.2, -0.15) is 23.3 Å². The topological polar surface area (TPSA) is 81.6 Å². The number of hydrogen-bond donors (Lipinski definition) is 2. The van der Waals surface area contributed by atoms with Crippen molar-refractivity contribution in [1.82, 2.24) is 19.7 Å². The lowest BCUT2D eigenvalue weighted by Gasteiger charge is -2.05. The van der Waals surface area contributed by atoms with Crippen LogP contribution >= 0.6 is 11.3 Å². The zero-order valence-electron chi connectivity index (χ0n) is 9.72. The van der Waals surface area contributed by atoms with Crippen LogP contribution in [0.3, 0.4) is 0 Å². The fourth-order valence-electron chi connectivity index (χ4n) is 1.67. The number of fused-ring (bicyclic) bond motifs is 1. The Kier molecular flexibility index (Phi) is 2.83. The van der Waals surface area contributed by atoms with Gasteiger partial charge >= 0.3 is 6.18 Å². The first-order valence-electron chi connectivity index (χ1n) is 5.34. The molecule has 0 fully saturated rings. The minimum atomic E-state index is -4.50. The van der Waals surface area contributed by atoms with Gasteiger partial charge in [-0.25, -0.2) is 15.5 Å². The first-order valence-corrected chi connectivity index (χ1v) is 6.22. The largest absolute Gasteiger partial charge is 0.435 e. The highest BCUT2D eigenvalue weighted by atomic mass is 32.1. The standard InChI is InChI=1S/C10H7F3N6S/c11-10(12,13)6-1-3-19(18-6)7-5-2-4-20-8(5)16-9(15-7)17-14/h1-4H,14H2,(H,15,16,17). The summed E-state index contributed by atoms with van der Waals surface area (Å²) >= 11 is 1.33. The number of hydrogen-bond acceptors (Lipinski definition) is 6. The van der Waals surface area contributed by atoms with E-state index in [1.165, 1.54) is 17.5 Å². The van der Waals surface area contributed by atoms with E-state index in [2.05, 4.69) is 20.5 Å². The van der Waals surface area contributed by atoms with Crippen LogP contribution in [0.1, 0.15) is 5.69 Å². The second-order valence-electron chi connectivity index (χ2n) is 3.80. The van der Waals surface area contributed by atoms with Crippen LogP contribution in [0.2, 0.25) is 0 Å². The van der Waals surface area contributed by atoms with Crippen molar-refractivity contribution in [2.45, 2.75) is 6.18 Å². The highest BCUT2D eigenvalue weighted by Gasteiger charge is 2.33. The van der Waals surface area contributed by atoms with E-state index < -0.39 is 11.9 Å². The highest BCUT2D eigenvalue weighted by molar-refractivity contribution is 7.16. The van der Waals surface area contributed by atoms with E-state index in [1.807, 2.05) is 0 Å². The molecule has 0 radical (unpaired) electrons. The van der Waals surface area contributed by atoms with E-state index in [0.29, 0.717) is 10.2 Å². The Morgan fingerprint density at radius 3 is 2.70 bits per heavy atom. The number of rotatable bonds is 2. The van der Waals surface area contributed by atoms with Crippen LogP contribution in [0.15, 0.2) is 23.7 Å². The van der Waals surface area contributed by atoms with Crippen LogP contribution in [0, 0.1) is 0 Å². The zero-order valence-corrected chi connectivity index (χ0v) is 10.5. The molecular weight excluding hydrogens is 293 g/mol. The molecule has 0 saturated carbocycles. The number of nitrogens with one attached hydrogen (secondary N) is 1. The van der Waals surface area contributed by atoms with Gasteiger partial charge in [0, 0.05) is 6.20 Å². The maximum absolute atomic E-state index is 12.6. The summed E-state index contributed by atoms with van der Waals surface area (Å²) in [5, 5.41) is 5.86. The van der Waals surface area contributed by atoms with Crippen LogP contribution in [-0.4, -0.2) is 19.7 Å². The third kappa shape index (κ3) is 2.08. The molecule has 0 aliphatic heterocycles. The number of nitrogens with two attached hydrogens (primary N) is 1. The highest BCUT2D eigenvalue weighted by Crippen LogP contribution is 2.29. The third-order valence-electron chi connectivity index (χ3n) is 2.53. The summed E-state index contributed by atoms with van der Waals surface area (Å²) in [6.45, 7) is 0. The molecule has 3 N–H and O–H groups in total. The van der Waals surface area contributed by atoms with Gasteiger partial charge in [0.25, 0.3) is 0 Å². The first kappa shape index (κ1) is 12.8. The summed E-state index contributed by atoms with van der Waals surface area (Å²) in [5.41, 5.74) is 1.29. The molecule has 0 spiro atoms. The van der Waals surface area contributed by atoms with E-state index >= 15 is 0 Å². The SMILES string of the molecule is NNc1nc(-n2ccc(C(F)(F)F)n2)c2ccsc2n1. The maximum atomic E-state index is 12.6. The lowest BCUT2D eigenvalue weighted by Crippen LogP contribution is -2.13. The molecule has 0 aliphatic carbocycles. The maximum Gasteiger partial charge on any atom is 0.435 e. The zero-order chi connectivity index (χ0) is 14.3. The number of nitrogen functional groups attached to an aromatic ring is 1. The van der Waals surface area contributed by atoms with Crippen LogP contribution in [-0.2, 0) is 6.18 Å². The number of aromatic nitrogens is 4. The molecule has 0 unspecified atom stereocenters. The van der Waals surface area contributed by atoms with Crippen molar-refractivity contribution in [2.24, 2.45) is 5.84 Å².